The number of carbonyl (C=O) groups excluding carboxylic acids is 1. The van der Waals surface area contributed by atoms with Crippen molar-refractivity contribution in [3.63, 3.8) is 0 Å². The molecule has 2 aromatic rings. The maximum absolute atomic E-state index is 12.5. The second-order valence-electron chi connectivity index (χ2n) is 6.18. The fraction of sp³-hybridized carbons (Fsp3) is 0.278. The molecule has 9 heteroatoms. The van der Waals surface area contributed by atoms with Crippen molar-refractivity contribution in [3.8, 4) is 11.5 Å². The Morgan fingerprint density at radius 1 is 1.19 bits per heavy atom. The third-order valence-corrected chi connectivity index (χ3v) is 5.60. The van der Waals surface area contributed by atoms with Crippen LogP contribution >= 0.6 is 0 Å². The van der Waals surface area contributed by atoms with Gasteiger partial charge in [-0.15, -0.1) is 0 Å². The van der Waals surface area contributed by atoms with Crippen LogP contribution in [0.5, 0.6) is 11.5 Å². The summed E-state index contributed by atoms with van der Waals surface area (Å²) < 4.78 is 42.4. The summed E-state index contributed by atoms with van der Waals surface area (Å²) in [6, 6.07) is 10.2. The van der Waals surface area contributed by atoms with E-state index in [1.54, 1.807) is 18.2 Å². The molecule has 1 heterocycles. The minimum absolute atomic E-state index is 0.0309. The Morgan fingerprint density at radius 3 is 2.52 bits per heavy atom. The van der Waals surface area contributed by atoms with Crippen LogP contribution in [-0.4, -0.2) is 39.9 Å². The fourth-order valence-electron chi connectivity index (χ4n) is 2.54. The maximum Gasteiger partial charge on any atom is 0.337 e. The first-order valence-electron chi connectivity index (χ1n) is 8.03. The summed E-state index contributed by atoms with van der Waals surface area (Å²) >= 11 is 0. The van der Waals surface area contributed by atoms with E-state index in [2.05, 4.69) is 9.46 Å². The number of ether oxygens (including phenoxy) is 3. The van der Waals surface area contributed by atoms with Crippen LogP contribution in [0.4, 0.5) is 0 Å². The van der Waals surface area contributed by atoms with Crippen LogP contribution in [0.1, 0.15) is 22.8 Å². The third kappa shape index (κ3) is 4.05. The van der Waals surface area contributed by atoms with Crippen LogP contribution in [0.2, 0.25) is 0 Å². The van der Waals surface area contributed by atoms with Crippen molar-refractivity contribution in [2.45, 2.75) is 17.4 Å². The number of methoxy groups -OCH3 is 1. The number of hydrogen-bond acceptors (Lipinski definition) is 7. The van der Waals surface area contributed by atoms with Gasteiger partial charge in [-0.05, 0) is 48.9 Å². The molecule has 0 fully saturated rings. The minimum atomic E-state index is -3.88. The van der Waals surface area contributed by atoms with Gasteiger partial charge in [0.05, 0.1) is 17.6 Å². The van der Waals surface area contributed by atoms with Crippen molar-refractivity contribution in [1.82, 2.24) is 4.72 Å². The molecule has 0 aliphatic carbocycles. The van der Waals surface area contributed by atoms with E-state index in [1.807, 2.05) is 0 Å². The molecule has 0 saturated carbocycles. The summed E-state index contributed by atoms with van der Waals surface area (Å²) in [5.41, 5.74) is -0.751. The predicted molar refractivity (Wildman–Crippen MR) is 95.1 cm³/mol. The number of benzene rings is 2. The Bertz CT molecular complexity index is 952. The van der Waals surface area contributed by atoms with Gasteiger partial charge < -0.3 is 19.3 Å². The summed E-state index contributed by atoms with van der Waals surface area (Å²) in [5.74, 6) is 0.507. The molecule has 1 unspecified atom stereocenters. The SMILES string of the molecule is COC(=O)c1ccc(S(=O)(=O)NCC(C)(O)c2ccc3c(c2)OCO3)cc1. The zero-order valence-electron chi connectivity index (χ0n) is 14.8. The number of esters is 1. The van der Waals surface area contributed by atoms with E-state index in [1.165, 1.54) is 38.3 Å². The smallest absolute Gasteiger partial charge is 0.337 e. The molecule has 0 bridgehead atoms. The lowest BCUT2D eigenvalue weighted by Crippen LogP contribution is -2.38. The van der Waals surface area contributed by atoms with Gasteiger partial charge in [0.2, 0.25) is 16.8 Å². The zero-order valence-corrected chi connectivity index (χ0v) is 15.6. The molecule has 8 nitrogen and oxygen atoms in total. The van der Waals surface area contributed by atoms with E-state index >= 15 is 0 Å². The maximum atomic E-state index is 12.5. The van der Waals surface area contributed by atoms with Gasteiger partial charge in [-0.2, -0.15) is 0 Å². The van der Waals surface area contributed by atoms with E-state index in [4.69, 9.17) is 9.47 Å². The Morgan fingerprint density at radius 2 is 1.85 bits per heavy atom. The average molecular weight is 393 g/mol. The van der Waals surface area contributed by atoms with Crippen molar-refractivity contribution < 1.29 is 32.5 Å². The van der Waals surface area contributed by atoms with E-state index < -0.39 is 21.6 Å². The van der Waals surface area contributed by atoms with Gasteiger partial charge in [0.25, 0.3) is 0 Å². The van der Waals surface area contributed by atoms with E-state index in [9.17, 15) is 18.3 Å². The van der Waals surface area contributed by atoms with Crippen LogP contribution in [0, 0.1) is 0 Å². The molecule has 27 heavy (non-hydrogen) atoms. The Labute approximate surface area is 156 Å². The number of nitrogens with one attached hydrogen (secondary N) is 1. The van der Waals surface area contributed by atoms with Gasteiger partial charge in [0, 0.05) is 6.54 Å². The second-order valence-corrected chi connectivity index (χ2v) is 7.95. The molecule has 1 aliphatic heterocycles. The number of aliphatic hydroxyl groups is 1. The monoisotopic (exact) mass is 393 g/mol. The average Bonchev–Trinajstić information content (AvgIpc) is 3.14. The lowest BCUT2D eigenvalue weighted by molar-refractivity contribution is 0.0600. The van der Waals surface area contributed by atoms with Gasteiger partial charge in [-0.3, -0.25) is 0 Å². The summed E-state index contributed by atoms with van der Waals surface area (Å²) in [7, 11) is -2.64. The van der Waals surface area contributed by atoms with E-state index in [0.717, 1.165) is 0 Å². The summed E-state index contributed by atoms with van der Waals surface area (Å²) in [5, 5.41) is 10.7. The van der Waals surface area contributed by atoms with Gasteiger partial charge in [0.1, 0.15) is 5.60 Å². The molecule has 0 radical (unpaired) electrons. The highest BCUT2D eigenvalue weighted by Crippen LogP contribution is 2.35. The highest BCUT2D eigenvalue weighted by atomic mass is 32.2. The zero-order chi connectivity index (χ0) is 19.7. The summed E-state index contributed by atoms with van der Waals surface area (Å²) in [6.07, 6.45) is 0. The van der Waals surface area contributed by atoms with E-state index in [0.29, 0.717) is 17.1 Å². The second kappa shape index (κ2) is 7.18. The van der Waals surface area contributed by atoms with Crippen molar-refractivity contribution in [3.05, 3.63) is 53.6 Å². The Hall–Kier alpha value is -2.62. The molecule has 144 valence electrons. The minimum Gasteiger partial charge on any atom is -0.465 e. The first-order chi connectivity index (χ1) is 12.7. The van der Waals surface area contributed by atoms with Crippen LogP contribution in [0.3, 0.4) is 0 Å². The first-order valence-corrected chi connectivity index (χ1v) is 9.52. The van der Waals surface area contributed by atoms with Crippen LogP contribution < -0.4 is 14.2 Å². The number of carbonyl (C=O) groups is 1. The van der Waals surface area contributed by atoms with Gasteiger partial charge in [-0.25, -0.2) is 17.9 Å². The van der Waals surface area contributed by atoms with Crippen molar-refractivity contribution in [2.75, 3.05) is 20.4 Å². The number of hydrogen-bond donors (Lipinski definition) is 2. The van der Waals surface area contributed by atoms with Gasteiger partial charge >= 0.3 is 5.97 Å². The number of rotatable bonds is 6. The van der Waals surface area contributed by atoms with Gasteiger partial charge in [-0.1, -0.05) is 6.07 Å². The first kappa shape index (κ1) is 19.2. The number of sulfonamides is 1. The predicted octanol–water partition coefficient (Wildman–Crippen LogP) is 1.39. The van der Waals surface area contributed by atoms with Gasteiger partial charge in [0.15, 0.2) is 11.5 Å². The number of fused-ring (bicyclic) bond motifs is 1. The molecule has 0 spiro atoms. The molecule has 2 N–H and O–H groups in total. The molecule has 1 aliphatic rings. The molecule has 0 saturated heterocycles. The van der Waals surface area contributed by atoms with Crippen LogP contribution in [0.25, 0.3) is 0 Å². The molecule has 1 atom stereocenters. The standard InChI is InChI=1S/C18H19NO7S/c1-18(21,13-5-8-15-16(9-13)26-11-25-15)10-19-27(22,23)14-6-3-12(4-7-14)17(20)24-2/h3-9,19,21H,10-11H2,1-2H3. The lowest BCUT2D eigenvalue weighted by Gasteiger charge is -2.24. The Kier molecular flexibility index (Phi) is 5.09. The quantitative estimate of drug-likeness (QED) is 0.714. The highest BCUT2D eigenvalue weighted by molar-refractivity contribution is 7.89. The largest absolute Gasteiger partial charge is 0.465 e. The van der Waals surface area contributed by atoms with Crippen molar-refractivity contribution >= 4 is 16.0 Å². The Balaban J connectivity index is 1.73. The molecule has 0 aromatic heterocycles. The fourth-order valence-corrected chi connectivity index (χ4v) is 3.67. The van der Waals surface area contributed by atoms with Crippen molar-refractivity contribution in [2.24, 2.45) is 0 Å². The normalized spacial score (nSPS) is 15.2. The molecule has 3 rings (SSSR count). The highest BCUT2D eigenvalue weighted by Gasteiger charge is 2.28. The summed E-state index contributed by atoms with van der Waals surface area (Å²) in [4.78, 5) is 11.4. The summed E-state index contributed by atoms with van der Waals surface area (Å²) in [6.45, 7) is 1.34. The third-order valence-electron chi connectivity index (χ3n) is 4.19. The van der Waals surface area contributed by atoms with Crippen LogP contribution in [-0.2, 0) is 20.4 Å². The molecule has 2 aromatic carbocycles. The lowest BCUT2D eigenvalue weighted by atomic mass is 9.96. The van der Waals surface area contributed by atoms with Crippen molar-refractivity contribution in [1.29, 1.82) is 0 Å². The van der Waals surface area contributed by atoms with E-state index in [-0.39, 0.29) is 23.8 Å². The molecular formula is C18H19NO7S. The van der Waals surface area contributed by atoms with Crippen LogP contribution in [0.15, 0.2) is 47.4 Å². The molecule has 0 amide bonds. The molecular weight excluding hydrogens is 374 g/mol. The topological polar surface area (TPSA) is 111 Å².